The van der Waals surface area contributed by atoms with Gasteiger partial charge in [0.2, 0.25) is 5.91 Å². The predicted molar refractivity (Wildman–Crippen MR) is 84.2 cm³/mol. The first-order valence-corrected chi connectivity index (χ1v) is 8.60. The Hall–Kier alpha value is -0.910. The Labute approximate surface area is 130 Å². The standard InChI is InChI=1S/C16H25NO3S/c1-12(10-13(18)14-6-5-9-21-14)17-15(19)11-16(20)7-3-2-4-8-16/h5-6,9,12-13,18,20H,2-4,7-8,10-11H2,1H3,(H,17,19)/t12-,13-/m0/s1. The Morgan fingerprint density at radius 1 is 1.43 bits per heavy atom. The van der Waals surface area contributed by atoms with Gasteiger partial charge in [-0.3, -0.25) is 4.79 Å². The summed E-state index contributed by atoms with van der Waals surface area (Å²) < 4.78 is 0. The number of nitrogens with one attached hydrogen (secondary N) is 1. The Bertz CT molecular complexity index is 440. The topological polar surface area (TPSA) is 69.6 Å². The highest BCUT2D eigenvalue weighted by atomic mass is 32.1. The van der Waals surface area contributed by atoms with Crippen LogP contribution >= 0.6 is 11.3 Å². The number of hydrogen-bond acceptors (Lipinski definition) is 4. The molecule has 1 aromatic heterocycles. The lowest BCUT2D eigenvalue weighted by atomic mass is 9.82. The van der Waals surface area contributed by atoms with Crippen molar-refractivity contribution in [3.05, 3.63) is 22.4 Å². The van der Waals surface area contributed by atoms with E-state index in [1.165, 1.54) is 11.3 Å². The maximum absolute atomic E-state index is 12.0. The minimum Gasteiger partial charge on any atom is -0.389 e. The van der Waals surface area contributed by atoms with Gasteiger partial charge in [0.1, 0.15) is 0 Å². The molecule has 3 N–H and O–H groups in total. The number of amides is 1. The van der Waals surface area contributed by atoms with Gasteiger partial charge in [-0.25, -0.2) is 0 Å². The molecule has 1 aromatic rings. The van der Waals surface area contributed by atoms with Crippen molar-refractivity contribution in [3.63, 3.8) is 0 Å². The van der Waals surface area contributed by atoms with Gasteiger partial charge in [0.05, 0.1) is 18.1 Å². The summed E-state index contributed by atoms with van der Waals surface area (Å²) in [6.45, 7) is 1.89. The van der Waals surface area contributed by atoms with Crippen molar-refractivity contribution in [2.24, 2.45) is 0 Å². The number of aliphatic hydroxyl groups excluding tert-OH is 1. The van der Waals surface area contributed by atoms with Crippen LogP contribution in [0, 0.1) is 0 Å². The number of aliphatic hydroxyl groups is 2. The monoisotopic (exact) mass is 311 g/mol. The van der Waals surface area contributed by atoms with E-state index in [-0.39, 0.29) is 18.4 Å². The highest BCUT2D eigenvalue weighted by Crippen LogP contribution is 2.31. The third-order valence-electron chi connectivity index (χ3n) is 4.13. The van der Waals surface area contributed by atoms with Crippen molar-refractivity contribution in [2.45, 2.75) is 69.6 Å². The second-order valence-corrected chi connectivity index (χ2v) is 7.18. The number of carbonyl (C=O) groups is 1. The highest BCUT2D eigenvalue weighted by molar-refractivity contribution is 7.10. The highest BCUT2D eigenvalue weighted by Gasteiger charge is 2.32. The largest absolute Gasteiger partial charge is 0.389 e. The third kappa shape index (κ3) is 5.09. The molecule has 0 saturated heterocycles. The molecule has 2 atom stereocenters. The van der Waals surface area contributed by atoms with Crippen molar-refractivity contribution < 1.29 is 15.0 Å². The van der Waals surface area contributed by atoms with E-state index in [0.29, 0.717) is 19.3 Å². The van der Waals surface area contributed by atoms with Crippen molar-refractivity contribution in [1.82, 2.24) is 5.32 Å². The summed E-state index contributed by atoms with van der Waals surface area (Å²) >= 11 is 1.52. The van der Waals surface area contributed by atoms with Crippen LogP contribution in [0.25, 0.3) is 0 Å². The molecule has 1 amide bonds. The Balaban J connectivity index is 1.76. The molecule has 0 radical (unpaired) electrons. The van der Waals surface area contributed by atoms with Gasteiger partial charge >= 0.3 is 0 Å². The van der Waals surface area contributed by atoms with Crippen LogP contribution in [0.15, 0.2) is 17.5 Å². The maximum atomic E-state index is 12.0. The van der Waals surface area contributed by atoms with E-state index in [1.807, 2.05) is 24.4 Å². The molecular formula is C16H25NO3S. The summed E-state index contributed by atoms with van der Waals surface area (Å²) in [4.78, 5) is 13.0. The Morgan fingerprint density at radius 3 is 2.76 bits per heavy atom. The zero-order valence-corrected chi connectivity index (χ0v) is 13.4. The molecule has 1 aliphatic carbocycles. The number of carbonyl (C=O) groups excluding carboxylic acids is 1. The molecule has 1 saturated carbocycles. The maximum Gasteiger partial charge on any atom is 0.223 e. The normalized spacial score (nSPS) is 20.7. The van der Waals surface area contributed by atoms with Gasteiger partial charge in [0, 0.05) is 10.9 Å². The van der Waals surface area contributed by atoms with Gasteiger partial charge < -0.3 is 15.5 Å². The molecule has 5 heteroatoms. The van der Waals surface area contributed by atoms with Crippen LogP contribution in [0.4, 0.5) is 0 Å². The summed E-state index contributed by atoms with van der Waals surface area (Å²) in [5.74, 6) is -0.120. The van der Waals surface area contributed by atoms with Crippen molar-refractivity contribution >= 4 is 17.2 Å². The first-order valence-electron chi connectivity index (χ1n) is 7.72. The van der Waals surface area contributed by atoms with Crippen molar-refractivity contribution in [2.75, 3.05) is 0 Å². The minimum absolute atomic E-state index is 0.109. The van der Waals surface area contributed by atoms with Crippen LogP contribution in [0.1, 0.15) is 62.9 Å². The van der Waals surface area contributed by atoms with Crippen molar-refractivity contribution in [1.29, 1.82) is 0 Å². The summed E-state index contributed by atoms with van der Waals surface area (Å²) in [6, 6.07) is 3.70. The van der Waals surface area contributed by atoms with E-state index in [1.54, 1.807) is 0 Å². The van der Waals surface area contributed by atoms with E-state index in [0.717, 1.165) is 24.1 Å². The second kappa shape index (κ2) is 7.38. The SMILES string of the molecule is C[C@@H](C[C@H](O)c1cccs1)NC(=O)CC1(O)CCCCC1. The average molecular weight is 311 g/mol. The zero-order valence-electron chi connectivity index (χ0n) is 12.5. The molecule has 21 heavy (non-hydrogen) atoms. The minimum atomic E-state index is -0.825. The first-order chi connectivity index (χ1) is 9.98. The third-order valence-corrected chi connectivity index (χ3v) is 5.10. The molecule has 118 valence electrons. The fraction of sp³-hybridized carbons (Fsp3) is 0.688. The molecule has 1 heterocycles. The molecule has 1 aliphatic rings. The number of thiophene rings is 1. The molecule has 1 fully saturated rings. The van der Waals surface area contributed by atoms with Crippen LogP contribution in [0.3, 0.4) is 0 Å². The number of hydrogen-bond donors (Lipinski definition) is 3. The van der Waals surface area contributed by atoms with E-state index in [2.05, 4.69) is 5.32 Å². The lowest BCUT2D eigenvalue weighted by Gasteiger charge is -2.31. The van der Waals surface area contributed by atoms with Crippen LogP contribution < -0.4 is 5.32 Å². The molecule has 0 bridgehead atoms. The van der Waals surface area contributed by atoms with Gasteiger partial charge in [-0.2, -0.15) is 0 Å². The van der Waals surface area contributed by atoms with Gasteiger partial charge in [-0.15, -0.1) is 11.3 Å². The Morgan fingerprint density at radius 2 is 2.14 bits per heavy atom. The number of rotatable bonds is 6. The molecule has 0 spiro atoms. The average Bonchev–Trinajstić information content (AvgIpc) is 2.92. The van der Waals surface area contributed by atoms with Crippen LogP contribution in [-0.4, -0.2) is 27.8 Å². The first kappa shape index (κ1) is 16.5. The van der Waals surface area contributed by atoms with Gasteiger partial charge in [0.25, 0.3) is 0 Å². The smallest absolute Gasteiger partial charge is 0.223 e. The fourth-order valence-electron chi connectivity index (χ4n) is 3.00. The van der Waals surface area contributed by atoms with E-state index in [4.69, 9.17) is 0 Å². The predicted octanol–water partition coefficient (Wildman–Crippen LogP) is 2.76. The lowest BCUT2D eigenvalue weighted by Crippen LogP contribution is -2.41. The molecule has 2 rings (SSSR count). The van der Waals surface area contributed by atoms with Gasteiger partial charge in [-0.1, -0.05) is 25.3 Å². The fourth-order valence-corrected chi connectivity index (χ4v) is 3.73. The molecule has 4 nitrogen and oxygen atoms in total. The van der Waals surface area contributed by atoms with Crippen molar-refractivity contribution in [3.8, 4) is 0 Å². The van der Waals surface area contributed by atoms with E-state index in [9.17, 15) is 15.0 Å². The molecular weight excluding hydrogens is 286 g/mol. The Kier molecular flexibility index (Phi) is 5.79. The van der Waals surface area contributed by atoms with Crippen LogP contribution in [0.2, 0.25) is 0 Å². The molecule has 0 unspecified atom stereocenters. The van der Waals surface area contributed by atoms with Gasteiger partial charge in [0.15, 0.2) is 0 Å². The van der Waals surface area contributed by atoms with Crippen LogP contribution in [0.5, 0.6) is 0 Å². The summed E-state index contributed by atoms with van der Waals surface area (Å²) in [5, 5.41) is 25.3. The summed E-state index contributed by atoms with van der Waals surface area (Å²) in [7, 11) is 0. The van der Waals surface area contributed by atoms with E-state index < -0.39 is 11.7 Å². The zero-order chi connectivity index (χ0) is 15.3. The molecule has 0 aromatic carbocycles. The van der Waals surface area contributed by atoms with E-state index >= 15 is 0 Å². The summed E-state index contributed by atoms with van der Waals surface area (Å²) in [6.07, 6.45) is 4.69. The molecule has 0 aliphatic heterocycles. The van der Waals surface area contributed by atoms with Crippen LogP contribution in [-0.2, 0) is 4.79 Å². The quantitative estimate of drug-likeness (QED) is 0.756. The second-order valence-electron chi connectivity index (χ2n) is 6.20. The summed E-state index contributed by atoms with van der Waals surface area (Å²) in [5.41, 5.74) is -0.825. The lowest BCUT2D eigenvalue weighted by molar-refractivity contribution is -0.128. The van der Waals surface area contributed by atoms with Gasteiger partial charge in [-0.05, 0) is 37.6 Å².